The second kappa shape index (κ2) is 4.86. The van der Waals surface area contributed by atoms with Crippen molar-refractivity contribution in [1.29, 1.82) is 0 Å². The highest BCUT2D eigenvalue weighted by Gasteiger charge is 2.35. The van der Waals surface area contributed by atoms with Crippen LogP contribution in [0.15, 0.2) is 35.1 Å². The number of rotatable bonds is 2. The lowest BCUT2D eigenvalue weighted by molar-refractivity contribution is -0.144. The van der Waals surface area contributed by atoms with Gasteiger partial charge in [0.2, 0.25) is 5.82 Å². The normalized spacial score (nSPS) is 11.8. The quantitative estimate of drug-likeness (QED) is 0.787. The molecular weight excluding hydrogens is 301 g/mol. The number of hydrogen-bond donors (Lipinski definition) is 1. The van der Waals surface area contributed by atoms with Crippen LogP contribution in [0.5, 0.6) is 5.75 Å². The Morgan fingerprint density at radius 2 is 1.86 bits per heavy atom. The van der Waals surface area contributed by atoms with Gasteiger partial charge in [0, 0.05) is 11.6 Å². The van der Waals surface area contributed by atoms with E-state index >= 15 is 0 Å². The van der Waals surface area contributed by atoms with Crippen molar-refractivity contribution >= 4 is 5.78 Å². The van der Waals surface area contributed by atoms with E-state index in [1.54, 1.807) is 24.3 Å². The van der Waals surface area contributed by atoms with E-state index in [0.717, 1.165) is 6.07 Å². The predicted octanol–water partition coefficient (Wildman–Crippen LogP) is 2.11. The summed E-state index contributed by atoms with van der Waals surface area (Å²) in [4.78, 5) is 19.2. The molecule has 0 aliphatic carbocycles. The predicted molar refractivity (Wildman–Crippen MR) is 70.6 cm³/mol. The van der Waals surface area contributed by atoms with Crippen molar-refractivity contribution in [1.82, 2.24) is 19.6 Å². The molecule has 3 aromatic rings. The summed E-state index contributed by atoms with van der Waals surface area (Å²) >= 11 is 0. The molecule has 0 fully saturated rings. The van der Waals surface area contributed by atoms with Crippen LogP contribution in [0.1, 0.15) is 5.82 Å². The maximum Gasteiger partial charge on any atom is 0.451 e. The smallest absolute Gasteiger partial charge is 0.451 e. The molecule has 6 nitrogen and oxygen atoms in total. The minimum absolute atomic E-state index is 0.230. The van der Waals surface area contributed by atoms with Gasteiger partial charge in [-0.15, -0.1) is 0 Å². The highest BCUT2D eigenvalue weighted by molar-refractivity contribution is 5.61. The summed E-state index contributed by atoms with van der Waals surface area (Å²) in [6, 6.07) is 7.74. The summed E-state index contributed by atoms with van der Waals surface area (Å²) in [5.41, 5.74) is 0.114. The second-order valence-corrected chi connectivity index (χ2v) is 4.41. The number of ether oxygens (including phenoxy) is 1. The molecule has 9 heteroatoms. The largest absolute Gasteiger partial charge is 0.497 e. The molecule has 2 heterocycles. The summed E-state index contributed by atoms with van der Waals surface area (Å²) < 4.78 is 43.5. The minimum Gasteiger partial charge on any atom is -0.497 e. The van der Waals surface area contributed by atoms with Gasteiger partial charge in [0.05, 0.1) is 12.8 Å². The zero-order chi connectivity index (χ0) is 15.9. The number of hydrogen-bond acceptors (Lipinski definition) is 4. The van der Waals surface area contributed by atoms with E-state index in [-0.39, 0.29) is 11.5 Å². The van der Waals surface area contributed by atoms with Gasteiger partial charge < -0.3 is 4.74 Å². The van der Waals surface area contributed by atoms with Crippen LogP contribution in [-0.4, -0.2) is 26.7 Å². The van der Waals surface area contributed by atoms with Crippen LogP contribution in [0, 0.1) is 0 Å². The van der Waals surface area contributed by atoms with Crippen molar-refractivity contribution in [2.45, 2.75) is 6.18 Å². The Labute approximate surface area is 121 Å². The lowest BCUT2D eigenvalue weighted by Gasteiger charge is -2.02. The average Bonchev–Trinajstić information content (AvgIpc) is 2.92. The van der Waals surface area contributed by atoms with Gasteiger partial charge >= 0.3 is 6.18 Å². The van der Waals surface area contributed by atoms with Crippen molar-refractivity contribution in [3.8, 4) is 17.0 Å². The number of nitrogens with zero attached hydrogens (tertiary/aromatic N) is 3. The van der Waals surface area contributed by atoms with Gasteiger partial charge in [-0.25, -0.2) is 4.98 Å². The summed E-state index contributed by atoms with van der Waals surface area (Å²) in [6.07, 6.45) is -4.68. The standard InChI is InChI=1S/C13H9F3N4O2/c1-22-8-4-2-7(3-5-8)9-6-10(21)20-12(17-9)18-11(19-20)13(14,15)16/h2-6H,1H3,(H,17,18,19). The van der Waals surface area contributed by atoms with E-state index in [1.165, 1.54) is 7.11 Å². The molecule has 22 heavy (non-hydrogen) atoms. The molecule has 0 spiro atoms. The third-order valence-corrected chi connectivity index (χ3v) is 2.98. The molecule has 0 bridgehead atoms. The van der Waals surface area contributed by atoms with E-state index in [1.807, 2.05) is 5.10 Å². The van der Waals surface area contributed by atoms with Gasteiger partial charge in [0.25, 0.3) is 11.3 Å². The fourth-order valence-corrected chi connectivity index (χ4v) is 1.92. The van der Waals surface area contributed by atoms with E-state index in [0.29, 0.717) is 15.8 Å². The molecule has 2 aromatic heterocycles. The van der Waals surface area contributed by atoms with Crippen LogP contribution in [0.3, 0.4) is 0 Å². The Hall–Kier alpha value is -2.84. The SMILES string of the molecule is COc1ccc(-c2cc(=O)n3[nH]c(C(F)(F)F)nc3n2)cc1. The van der Waals surface area contributed by atoms with Gasteiger partial charge in [0.15, 0.2) is 0 Å². The van der Waals surface area contributed by atoms with Crippen molar-refractivity contribution in [3.63, 3.8) is 0 Å². The first-order valence-electron chi connectivity index (χ1n) is 6.10. The van der Waals surface area contributed by atoms with Crippen LogP contribution >= 0.6 is 0 Å². The van der Waals surface area contributed by atoms with Gasteiger partial charge in [-0.05, 0) is 24.3 Å². The Morgan fingerprint density at radius 3 is 2.45 bits per heavy atom. The Balaban J connectivity index is 2.13. The van der Waals surface area contributed by atoms with Crippen LogP contribution in [0.25, 0.3) is 17.0 Å². The zero-order valence-corrected chi connectivity index (χ0v) is 11.2. The molecule has 0 unspecified atom stereocenters. The number of methoxy groups -OCH3 is 1. The number of nitrogens with one attached hydrogen (secondary N) is 1. The molecule has 1 N–H and O–H groups in total. The molecule has 114 valence electrons. The minimum atomic E-state index is -4.68. The lowest BCUT2D eigenvalue weighted by Crippen LogP contribution is -2.15. The van der Waals surface area contributed by atoms with E-state index in [4.69, 9.17) is 4.74 Å². The van der Waals surface area contributed by atoms with Crippen molar-refractivity contribution in [3.05, 3.63) is 46.5 Å². The van der Waals surface area contributed by atoms with Gasteiger partial charge in [-0.3, -0.25) is 9.89 Å². The Kier molecular flexibility index (Phi) is 3.12. The first-order chi connectivity index (χ1) is 10.4. The van der Waals surface area contributed by atoms with Crippen molar-refractivity contribution < 1.29 is 17.9 Å². The number of halogens is 3. The highest BCUT2D eigenvalue weighted by atomic mass is 19.4. The molecule has 1 aromatic carbocycles. The summed E-state index contributed by atoms with van der Waals surface area (Å²) in [5.74, 6) is -1.00. The third kappa shape index (κ3) is 2.41. The number of H-pyrrole nitrogens is 1. The number of benzene rings is 1. The van der Waals surface area contributed by atoms with Crippen LogP contribution in [-0.2, 0) is 6.18 Å². The summed E-state index contributed by atoms with van der Waals surface area (Å²) in [6.45, 7) is 0. The number of fused-ring (bicyclic) bond motifs is 1. The van der Waals surface area contributed by atoms with E-state index in [9.17, 15) is 18.0 Å². The fraction of sp³-hybridized carbons (Fsp3) is 0.154. The Morgan fingerprint density at radius 1 is 1.18 bits per heavy atom. The number of aromatic nitrogens is 4. The molecule has 3 rings (SSSR count). The van der Waals surface area contributed by atoms with E-state index < -0.39 is 17.6 Å². The molecular formula is C13H9F3N4O2. The zero-order valence-electron chi connectivity index (χ0n) is 11.2. The van der Waals surface area contributed by atoms with E-state index in [2.05, 4.69) is 9.97 Å². The fourth-order valence-electron chi connectivity index (χ4n) is 1.92. The maximum absolute atomic E-state index is 12.6. The lowest BCUT2D eigenvalue weighted by atomic mass is 10.1. The first-order valence-corrected chi connectivity index (χ1v) is 6.10. The van der Waals surface area contributed by atoms with Crippen LogP contribution < -0.4 is 10.3 Å². The summed E-state index contributed by atoms with van der Waals surface area (Å²) in [7, 11) is 1.51. The monoisotopic (exact) mass is 310 g/mol. The molecule has 0 radical (unpaired) electrons. The maximum atomic E-state index is 12.6. The van der Waals surface area contributed by atoms with Crippen LogP contribution in [0.4, 0.5) is 13.2 Å². The molecule has 0 amide bonds. The van der Waals surface area contributed by atoms with Crippen LogP contribution in [0.2, 0.25) is 0 Å². The molecule has 0 aliphatic heterocycles. The highest BCUT2D eigenvalue weighted by Crippen LogP contribution is 2.26. The molecule has 0 atom stereocenters. The average molecular weight is 310 g/mol. The number of alkyl halides is 3. The van der Waals surface area contributed by atoms with Gasteiger partial charge in [-0.2, -0.15) is 22.7 Å². The van der Waals surface area contributed by atoms with Crippen molar-refractivity contribution in [2.24, 2.45) is 0 Å². The molecule has 0 saturated carbocycles. The van der Waals surface area contributed by atoms with Crippen molar-refractivity contribution in [2.75, 3.05) is 7.11 Å². The first kappa shape index (κ1) is 14.1. The summed E-state index contributed by atoms with van der Waals surface area (Å²) in [5, 5.41) is 1.89. The second-order valence-electron chi connectivity index (χ2n) is 4.41. The number of aromatic amines is 1. The molecule has 0 saturated heterocycles. The third-order valence-electron chi connectivity index (χ3n) is 2.98. The topological polar surface area (TPSA) is 72.3 Å². The van der Waals surface area contributed by atoms with Gasteiger partial charge in [-0.1, -0.05) is 0 Å². The van der Waals surface area contributed by atoms with Gasteiger partial charge in [0.1, 0.15) is 5.75 Å². The Bertz CT molecular complexity index is 881. The molecule has 0 aliphatic rings.